The normalized spacial score (nSPS) is 15.9. The summed E-state index contributed by atoms with van der Waals surface area (Å²) in [7, 11) is 0. The van der Waals surface area contributed by atoms with Crippen molar-refractivity contribution in [3.63, 3.8) is 0 Å². The summed E-state index contributed by atoms with van der Waals surface area (Å²) < 4.78 is 4.33. The van der Waals surface area contributed by atoms with Gasteiger partial charge in [-0.15, -0.1) is 0 Å². The molecule has 108 valence electrons. The van der Waals surface area contributed by atoms with Crippen LogP contribution in [0.15, 0.2) is 23.8 Å². The molecule has 1 aliphatic rings. The Bertz CT molecular complexity index is 521. The van der Waals surface area contributed by atoms with E-state index < -0.39 is 23.1 Å². The highest BCUT2D eigenvalue weighted by Gasteiger charge is 2.22. The van der Waals surface area contributed by atoms with Crippen LogP contribution in [0.3, 0.4) is 0 Å². The van der Waals surface area contributed by atoms with E-state index >= 15 is 0 Å². The van der Waals surface area contributed by atoms with E-state index in [-0.39, 0.29) is 5.57 Å². The number of hydrogen-bond donors (Lipinski definition) is 0. The smallest absolute Gasteiger partial charge is 0.346 e. The van der Waals surface area contributed by atoms with Gasteiger partial charge in [-0.2, -0.15) is 0 Å². The van der Waals surface area contributed by atoms with Crippen molar-refractivity contribution in [3.05, 3.63) is 23.8 Å². The van der Waals surface area contributed by atoms with Gasteiger partial charge in [0.05, 0.1) is 11.2 Å². The van der Waals surface area contributed by atoms with Gasteiger partial charge in [-0.05, 0) is 46.8 Å². The lowest BCUT2D eigenvalue weighted by atomic mass is 10.1. The molecule has 0 aromatic rings. The SMILES string of the molecule is CC(C)(C)OOC(C)(C)C#C/C=C/C1=CC(=O)OC1=O. The van der Waals surface area contributed by atoms with Crippen LogP contribution in [0.5, 0.6) is 0 Å². The van der Waals surface area contributed by atoms with Crippen LogP contribution in [0.4, 0.5) is 0 Å². The Morgan fingerprint density at radius 2 is 1.80 bits per heavy atom. The van der Waals surface area contributed by atoms with Crippen LogP contribution in [-0.4, -0.2) is 23.1 Å². The maximum absolute atomic E-state index is 11.1. The molecule has 0 N–H and O–H groups in total. The highest BCUT2D eigenvalue weighted by atomic mass is 17.2. The maximum atomic E-state index is 11.1. The number of cyclic esters (lactones) is 2. The van der Waals surface area contributed by atoms with Crippen molar-refractivity contribution in [2.45, 2.75) is 45.8 Å². The number of rotatable bonds is 3. The highest BCUT2D eigenvalue weighted by Crippen LogP contribution is 2.15. The van der Waals surface area contributed by atoms with Gasteiger partial charge in [0.2, 0.25) is 0 Å². The second-order valence-electron chi connectivity index (χ2n) is 5.70. The molecule has 0 aromatic heterocycles. The standard InChI is InChI=1S/C15H18O5/c1-14(2,3)19-20-15(4,5)9-7-6-8-11-10-12(16)18-13(11)17/h6,8,10H,1-5H3/b8-6+. The van der Waals surface area contributed by atoms with Crippen LogP contribution < -0.4 is 0 Å². The Balaban J connectivity index is 2.59. The molecule has 0 aromatic carbocycles. The van der Waals surface area contributed by atoms with Crippen molar-refractivity contribution in [2.75, 3.05) is 0 Å². The zero-order valence-electron chi connectivity index (χ0n) is 12.3. The third-order valence-corrected chi connectivity index (χ3v) is 1.92. The first-order valence-corrected chi connectivity index (χ1v) is 6.13. The molecule has 5 heteroatoms. The fourth-order valence-corrected chi connectivity index (χ4v) is 1.08. The molecule has 0 saturated carbocycles. The van der Waals surface area contributed by atoms with Gasteiger partial charge in [0.15, 0.2) is 5.60 Å². The molecule has 5 nitrogen and oxygen atoms in total. The summed E-state index contributed by atoms with van der Waals surface area (Å²) in [5.74, 6) is 4.23. The zero-order chi connectivity index (χ0) is 15.4. The fraction of sp³-hybridized carbons (Fsp3) is 0.467. The molecule has 1 heterocycles. The van der Waals surface area contributed by atoms with Crippen molar-refractivity contribution in [3.8, 4) is 11.8 Å². The van der Waals surface area contributed by atoms with Gasteiger partial charge in [-0.1, -0.05) is 11.8 Å². The van der Waals surface area contributed by atoms with Crippen molar-refractivity contribution in [2.24, 2.45) is 0 Å². The summed E-state index contributed by atoms with van der Waals surface area (Å²) in [4.78, 5) is 32.4. The van der Waals surface area contributed by atoms with Crippen LogP contribution >= 0.6 is 0 Å². The van der Waals surface area contributed by atoms with E-state index in [4.69, 9.17) is 9.78 Å². The molecule has 20 heavy (non-hydrogen) atoms. The summed E-state index contributed by atoms with van der Waals surface area (Å²) in [5.41, 5.74) is -1.04. The second-order valence-corrected chi connectivity index (χ2v) is 5.70. The fourth-order valence-electron chi connectivity index (χ4n) is 1.08. The topological polar surface area (TPSA) is 61.8 Å². The molecule has 0 aliphatic carbocycles. The second kappa shape index (κ2) is 6.04. The average molecular weight is 278 g/mol. The molecule has 0 saturated heterocycles. The first-order valence-electron chi connectivity index (χ1n) is 6.13. The van der Waals surface area contributed by atoms with Crippen molar-refractivity contribution < 1.29 is 24.1 Å². The Labute approximate surface area is 118 Å². The molecule has 1 aliphatic heterocycles. The minimum Gasteiger partial charge on any atom is -0.386 e. The van der Waals surface area contributed by atoms with Gasteiger partial charge in [-0.25, -0.2) is 19.4 Å². The summed E-state index contributed by atoms with van der Waals surface area (Å²) in [6.45, 7) is 9.11. The zero-order valence-corrected chi connectivity index (χ0v) is 12.3. The summed E-state index contributed by atoms with van der Waals surface area (Å²) in [6, 6.07) is 0. The number of hydrogen-bond acceptors (Lipinski definition) is 5. The number of carbonyl (C=O) groups is 2. The van der Waals surface area contributed by atoms with Crippen LogP contribution in [-0.2, 0) is 24.1 Å². The summed E-state index contributed by atoms with van der Waals surface area (Å²) in [5, 5.41) is 0. The predicted molar refractivity (Wildman–Crippen MR) is 72.1 cm³/mol. The number of esters is 2. The molecule has 0 amide bonds. The first-order chi connectivity index (χ1) is 9.09. The van der Waals surface area contributed by atoms with E-state index in [1.165, 1.54) is 12.2 Å². The molecule has 1 rings (SSSR count). The van der Waals surface area contributed by atoms with E-state index in [2.05, 4.69) is 16.6 Å². The Hall–Kier alpha value is -1.90. The third-order valence-electron chi connectivity index (χ3n) is 1.92. The maximum Gasteiger partial charge on any atom is 0.346 e. The van der Waals surface area contributed by atoms with Gasteiger partial charge in [-0.3, -0.25) is 0 Å². The highest BCUT2D eigenvalue weighted by molar-refractivity contribution is 6.10. The largest absolute Gasteiger partial charge is 0.386 e. The first kappa shape index (κ1) is 16.2. The Kier molecular flexibility index (Phi) is 4.88. The molecule has 0 fully saturated rings. The lowest BCUT2D eigenvalue weighted by molar-refractivity contribution is -0.384. The average Bonchev–Trinajstić information content (AvgIpc) is 2.60. The predicted octanol–water partition coefficient (Wildman–Crippen LogP) is 2.08. The Morgan fingerprint density at radius 1 is 1.15 bits per heavy atom. The van der Waals surface area contributed by atoms with E-state index in [1.54, 1.807) is 13.8 Å². The van der Waals surface area contributed by atoms with Crippen LogP contribution in [0.25, 0.3) is 0 Å². The van der Waals surface area contributed by atoms with Gasteiger partial charge >= 0.3 is 11.9 Å². The van der Waals surface area contributed by atoms with Crippen molar-refractivity contribution >= 4 is 11.9 Å². The summed E-state index contributed by atoms with van der Waals surface area (Å²) >= 11 is 0. The molecule has 0 atom stereocenters. The molecule has 0 spiro atoms. The molecule has 0 bridgehead atoms. The lowest BCUT2D eigenvalue weighted by Gasteiger charge is -2.24. The van der Waals surface area contributed by atoms with Crippen LogP contribution in [0, 0.1) is 11.8 Å². The molecular formula is C15H18O5. The quantitative estimate of drug-likeness (QED) is 0.260. The monoisotopic (exact) mass is 278 g/mol. The molecular weight excluding hydrogens is 260 g/mol. The number of ether oxygens (including phenoxy) is 1. The van der Waals surface area contributed by atoms with E-state index in [1.807, 2.05) is 20.8 Å². The van der Waals surface area contributed by atoms with Gasteiger partial charge < -0.3 is 4.74 Å². The third kappa shape index (κ3) is 5.83. The molecule has 0 unspecified atom stereocenters. The lowest BCUT2D eigenvalue weighted by Crippen LogP contribution is -2.29. The minimum atomic E-state index is -0.794. The Morgan fingerprint density at radius 3 is 2.30 bits per heavy atom. The minimum absolute atomic E-state index is 0.175. The molecule has 0 radical (unpaired) electrons. The number of carbonyl (C=O) groups excluding carboxylic acids is 2. The number of allylic oxidation sites excluding steroid dienone is 1. The van der Waals surface area contributed by atoms with Crippen LogP contribution in [0.2, 0.25) is 0 Å². The van der Waals surface area contributed by atoms with Gasteiger partial charge in [0, 0.05) is 6.08 Å². The van der Waals surface area contributed by atoms with E-state index in [9.17, 15) is 9.59 Å². The van der Waals surface area contributed by atoms with Crippen LogP contribution in [0.1, 0.15) is 34.6 Å². The van der Waals surface area contributed by atoms with Gasteiger partial charge in [0.25, 0.3) is 0 Å². The van der Waals surface area contributed by atoms with Gasteiger partial charge in [0.1, 0.15) is 0 Å². The summed E-state index contributed by atoms with van der Waals surface area (Å²) in [6.07, 6.45) is 3.99. The van der Waals surface area contributed by atoms with Crippen molar-refractivity contribution in [1.82, 2.24) is 0 Å². The van der Waals surface area contributed by atoms with E-state index in [0.717, 1.165) is 6.08 Å². The van der Waals surface area contributed by atoms with Crippen molar-refractivity contribution in [1.29, 1.82) is 0 Å². The van der Waals surface area contributed by atoms with E-state index in [0.29, 0.717) is 0 Å².